The van der Waals surface area contributed by atoms with E-state index in [0.717, 1.165) is 48.5 Å². The lowest BCUT2D eigenvalue weighted by Gasteiger charge is -2.26. The number of hydrogen-bond acceptors (Lipinski definition) is 6. The molecule has 0 amide bonds. The number of hydrogen-bond donors (Lipinski definition) is 0. The highest BCUT2D eigenvalue weighted by Gasteiger charge is 2.11. The fourth-order valence-electron chi connectivity index (χ4n) is 2.17. The molecule has 0 aromatic carbocycles. The Morgan fingerprint density at radius 3 is 3.05 bits per heavy atom. The third kappa shape index (κ3) is 3.25. The van der Waals surface area contributed by atoms with Crippen molar-refractivity contribution >= 4 is 33.3 Å². The van der Waals surface area contributed by atoms with Gasteiger partial charge in [-0.1, -0.05) is 0 Å². The number of thioether (sulfide) groups is 1. The number of thiophene rings is 1. The fraction of sp³-hybridized carbons (Fsp3) is 0.538. The monoisotopic (exact) mass is 295 g/mol. The Bertz CT molecular complexity index is 552. The summed E-state index contributed by atoms with van der Waals surface area (Å²) in [6.45, 7) is 7.06. The lowest BCUT2D eigenvalue weighted by atomic mass is 10.4. The van der Waals surface area contributed by atoms with Crippen molar-refractivity contribution in [1.82, 2.24) is 14.9 Å². The van der Waals surface area contributed by atoms with E-state index in [1.54, 1.807) is 17.7 Å². The molecule has 1 fully saturated rings. The molecule has 19 heavy (non-hydrogen) atoms. The molecule has 0 bridgehead atoms. The van der Waals surface area contributed by atoms with Gasteiger partial charge in [0.15, 0.2) is 0 Å². The number of morpholine rings is 1. The quantitative estimate of drug-likeness (QED) is 0.640. The molecule has 0 radical (unpaired) electrons. The summed E-state index contributed by atoms with van der Waals surface area (Å²) >= 11 is 3.57. The van der Waals surface area contributed by atoms with E-state index in [9.17, 15) is 0 Å². The van der Waals surface area contributed by atoms with Gasteiger partial charge < -0.3 is 4.74 Å². The van der Waals surface area contributed by atoms with Crippen LogP contribution in [-0.2, 0) is 4.74 Å². The first-order valence-electron chi connectivity index (χ1n) is 6.47. The average molecular weight is 295 g/mol. The van der Waals surface area contributed by atoms with Gasteiger partial charge in [0.2, 0.25) is 0 Å². The van der Waals surface area contributed by atoms with Crippen LogP contribution < -0.4 is 0 Å². The number of aromatic nitrogens is 2. The summed E-state index contributed by atoms with van der Waals surface area (Å²) in [7, 11) is 0. The second-order valence-corrected chi connectivity index (χ2v) is 6.88. The smallest absolute Gasteiger partial charge is 0.128 e. The van der Waals surface area contributed by atoms with Gasteiger partial charge in [-0.2, -0.15) is 0 Å². The van der Waals surface area contributed by atoms with Gasteiger partial charge in [-0.05, 0) is 13.0 Å². The van der Waals surface area contributed by atoms with Crippen LogP contribution in [0.1, 0.15) is 4.88 Å². The molecule has 0 aliphatic carbocycles. The highest BCUT2D eigenvalue weighted by molar-refractivity contribution is 7.99. The van der Waals surface area contributed by atoms with Gasteiger partial charge >= 0.3 is 0 Å². The molecular formula is C13H17N3OS2. The first kappa shape index (κ1) is 13.3. The van der Waals surface area contributed by atoms with Crippen LogP contribution in [0.5, 0.6) is 0 Å². The Balaban J connectivity index is 1.61. The van der Waals surface area contributed by atoms with E-state index in [-0.39, 0.29) is 0 Å². The molecule has 2 aromatic heterocycles. The standard InChI is InChI=1S/C13H17N3OS2/c1-10-8-11-12(14-9-15-13(11)19-10)18-7-4-16-2-5-17-6-3-16/h8-9H,2-7H2,1H3. The molecule has 0 N–H and O–H groups in total. The maximum absolute atomic E-state index is 5.36. The predicted molar refractivity (Wildman–Crippen MR) is 80.1 cm³/mol. The Kier molecular flexibility index (Phi) is 4.32. The molecule has 0 atom stereocenters. The topological polar surface area (TPSA) is 38.2 Å². The Morgan fingerprint density at radius 2 is 2.21 bits per heavy atom. The minimum absolute atomic E-state index is 0.867. The second-order valence-electron chi connectivity index (χ2n) is 4.56. The van der Waals surface area contributed by atoms with Crippen LogP contribution in [0, 0.1) is 6.92 Å². The lowest BCUT2D eigenvalue weighted by molar-refractivity contribution is 0.0410. The summed E-state index contributed by atoms with van der Waals surface area (Å²) in [5.74, 6) is 1.07. The van der Waals surface area contributed by atoms with Gasteiger partial charge in [0.05, 0.1) is 13.2 Å². The largest absolute Gasteiger partial charge is 0.379 e. The molecular weight excluding hydrogens is 278 g/mol. The van der Waals surface area contributed by atoms with Crippen molar-refractivity contribution in [3.63, 3.8) is 0 Å². The zero-order chi connectivity index (χ0) is 13.1. The van der Waals surface area contributed by atoms with Crippen LogP contribution in [0.25, 0.3) is 10.2 Å². The molecule has 0 spiro atoms. The van der Waals surface area contributed by atoms with Gasteiger partial charge in [-0.15, -0.1) is 23.1 Å². The van der Waals surface area contributed by atoms with E-state index >= 15 is 0 Å². The Morgan fingerprint density at radius 1 is 1.37 bits per heavy atom. The van der Waals surface area contributed by atoms with Gasteiger partial charge in [0.25, 0.3) is 0 Å². The van der Waals surface area contributed by atoms with Crippen LogP contribution in [0.2, 0.25) is 0 Å². The summed E-state index contributed by atoms with van der Waals surface area (Å²) in [6.07, 6.45) is 1.68. The van der Waals surface area contributed by atoms with Crippen molar-refractivity contribution in [3.05, 3.63) is 17.3 Å². The first-order chi connectivity index (χ1) is 9.33. The molecule has 0 unspecified atom stereocenters. The zero-order valence-corrected chi connectivity index (χ0v) is 12.6. The summed E-state index contributed by atoms with van der Waals surface area (Å²) in [5, 5.41) is 2.32. The Labute approximate surface area is 121 Å². The molecule has 102 valence electrons. The van der Waals surface area contributed by atoms with E-state index in [0.29, 0.717) is 0 Å². The summed E-state index contributed by atoms with van der Waals surface area (Å²) in [4.78, 5) is 13.6. The van der Waals surface area contributed by atoms with Crippen molar-refractivity contribution in [2.45, 2.75) is 11.9 Å². The number of aryl methyl sites for hydroxylation is 1. The number of fused-ring (bicyclic) bond motifs is 1. The summed E-state index contributed by atoms with van der Waals surface area (Å²) in [5.41, 5.74) is 0. The molecule has 4 nitrogen and oxygen atoms in total. The number of rotatable bonds is 4. The van der Waals surface area contributed by atoms with E-state index in [1.165, 1.54) is 10.3 Å². The lowest BCUT2D eigenvalue weighted by Crippen LogP contribution is -2.37. The minimum atomic E-state index is 0.867. The van der Waals surface area contributed by atoms with Gasteiger partial charge in [-0.25, -0.2) is 9.97 Å². The molecule has 2 aromatic rings. The maximum Gasteiger partial charge on any atom is 0.128 e. The first-order valence-corrected chi connectivity index (χ1v) is 8.27. The molecule has 3 heterocycles. The van der Waals surface area contributed by atoms with Crippen LogP contribution in [0.3, 0.4) is 0 Å². The number of nitrogens with zero attached hydrogens (tertiary/aromatic N) is 3. The molecule has 1 aliphatic rings. The van der Waals surface area contributed by atoms with Crippen LogP contribution in [0.15, 0.2) is 17.4 Å². The van der Waals surface area contributed by atoms with E-state index < -0.39 is 0 Å². The third-order valence-electron chi connectivity index (χ3n) is 3.17. The van der Waals surface area contributed by atoms with E-state index in [2.05, 4.69) is 27.9 Å². The third-order valence-corrected chi connectivity index (χ3v) is 5.11. The highest BCUT2D eigenvalue weighted by atomic mass is 32.2. The SMILES string of the molecule is Cc1cc2c(SCCN3CCOCC3)ncnc2s1. The van der Waals surface area contributed by atoms with Crippen molar-refractivity contribution < 1.29 is 4.74 Å². The van der Waals surface area contributed by atoms with Gasteiger partial charge in [-0.3, -0.25) is 4.90 Å². The van der Waals surface area contributed by atoms with Crippen LogP contribution >= 0.6 is 23.1 Å². The van der Waals surface area contributed by atoms with Crippen molar-refractivity contribution in [2.75, 3.05) is 38.6 Å². The van der Waals surface area contributed by atoms with Gasteiger partial charge in [0.1, 0.15) is 16.2 Å². The van der Waals surface area contributed by atoms with Gasteiger partial charge in [0, 0.05) is 35.7 Å². The number of ether oxygens (including phenoxy) is 1. The van der Waals surface area contributed by atoms with E-state index in [1.807, 2.05) is 11.8 Å². The second kappa shape index (κ2) is 6.17. The molecule has 1 aliphatic heterocycles. The molecule has 0 saturated carbocycles. The average Bonchev–Trinajstić information content (AvgIpc) is 2.81. The van der Waals surface area contributed by atoms with Crippen LogP contribution in [0.4, 0.5) is 0 Å². The Hall–Kier alpha value is -0.690. The van der Waals surface area contributed by atoms with E-state index in [4.69, 9.17) is 4.74 Å². The predicted octanol–water partition coefficient (Wildman–Crippen LogP) is 2.42. The molecule has 6 heteroatoms. The molecule has 3 rings (SSSR count). The van der Waals surface area contributed by atoms with Crippen molar-refractivity contribution in [3.8, 4) is 0 Å². The fourth-order valence-corrected chi connectivity index (χ4v) is 4.05. The minimum Gasteiger partial charge on any atom is -0.379 e. The summed E-state index contributed by atoms with van der Waals surface area (Å²) < 4.78 is 5.36. The van der Waals surface area contributed by atoms with Crippen molar-refractivity contribution in [1.29, 1.82) is 0 Å². The highest BCUT2D eigenvalue weighted by Crippen LogP contribution is 2.30. The molecule has 1 saturated heterocycles. The van der Waals surface area contributed by atoms with Crippen molar-refractivity contribution in [2.24, 2.45) is 0 Å². The normalized spacial score (nSPS) is 17.1. The van der Waals surface area contributed by atoms with Crippen LogP contribution in [-0.4, -0.2) is 53.5 Å². The zero-order valence-electron chi connectivity index (χ0n) is 11.0. The summed E-state index contributed by atoms with van der Waals surface area (Å²) in [6, 6.07) is 2.19. The maximum atomic E-state index is 5.36.